The average molecular weight is 447 g/mol. The zero-order valence-corrected chi connectivity index (χ0v) is 19.0. The van der Waals surface area contributed by atoms with Crippen LogP contribution < -0.4 is 10.1 Å². The van der Waals surface area contributed by atoms with Crippen LogP contribution in [-0.2, 0) is 22.4 Å². The summed E-state index contributed by atoms with van der Waals surface area (Å²) in [5.41, 5.74) is 4.85. The molecule has 1 aromatic heterocycles. The van der Waals surface area contributed by atoms with Crippen molar-refractivity contribution in [3.05, 3.63) is 53.3 Å². The Morgan fingerprint density at radius 2 is 2.03 bits per heavy atom. The Morgan fingerprint density at radius 3 is 2.88 bits per heavy atom. The molecule has 7 nitrogen and oxygen atoms in total. The number of piperidine rings is 1. The van der Waals surface area contributed by atoms with Crippen molar-refractivity contribution >= 4 is 28.5 Å². The Bertz CT molecular complexity index is 1180. The van der Waals surface area contributed by atoms with Crippen molar-refractivity contribution in [2.45, 2.75) is 45.4 Å². The lowest BCUT2D eigenvalue weighted by Crippen LogP contribution is -2.40. The molecule has 0 aliphatic carbocycles. The number of hydrogen-bond donors (Lipinski definition) is 2. The number of likely N-dealkylation sites (tertiary alicyclic amines) is 1. The van der Waals surface area contributed by atoms with Crippen molar-refractivity contribution < 1.29 is 14.3 Å². The third kappa shape index (κ3) is 5.02. The number of aromatic amines is 1. The van der Waals surface area contributed by atoms with Crippen LogP contribution in [0.5, 0.6) is 5.75 Å². The topological polar surface area (TPSA) is 87.3 Å². The molecule has 3 aromatic rings. The summed E-state index contributed by atoms with van der Waals surface area (Å²) in [6, 6.07) is 11.8. The van der Waals surface area contributed by atoms with E-state index in [1.807, 2.05) is 42.2 Å². The summed E-state index contributed by atoms with van der Waals surface area (Å²) < 4.78 is 5.67. The molecule has 5 rings (SSSR count). The summed E-state index contributed by atoms with van der Waals surface area (Å²) in [5, 5.41) is 3.00. The Kier molecular flexibility index (Phi) is 6.03. The quantitative estimate of drug-likeness (QED) is 0.620. The van der Waals surface area contributed by atoms with Crippen LogP contribution in [0.3, 0.4) is 0 Å². The van der Waals surface area contributed by atoms with Gasteiger partial charge in [0.15, 0.2) is 0 Å². The SMILES string of the molecule is Cc1nc2ccc(NC(=O)CC3CCN(C(=O)Cc4ccc5c(c4)CCCO5)CC3)cc2[nH]1. The van der Waals surface area contributed by atoms with E-state index in [1.54, 1.807) is 0 Å². The third-order valence-electron chi connectivity index (χ3n) is 6.65. The Morgan fingerprint density at radius 1 is 1.18 bits per heavy atom. The highest BCUT2D eigenvalue weighted by Gasteiger charge is 2.25. The third-order valence-corrected chi connectivity index (χ3v) is 6.65. The van der Waals surface area contributed by atoms with E-state index in [4.69, 9.17) is 4.74 Å². The Labute approximate surface area is 193 Å². The van der Waals surface area contributed by atoms with E-state index in [-0.39, 0.29) is 11.8 Å². The Hall–Kier alpha value is -3.35. The Balaban J connectivity index is 1.10. The second-order valence-corrected chi connectivity index (χ2v) is 9.20. The number of amides is 2. The van der Waals surface area contributed by atoms with E-state index in [2.05, 4.69) is 21.4 Å². The first-order valence-corrected chi connectivity index (χ1v) is 11.8. The first-order valence-electron chi connectivity index (χ1n) is 11.8. The summed E-state index contributed by atoms with van der Waals surface area (Å²) in [4.78, 5) is 34.9. The second-order valence-electron chi connectivity index (χ2n) is 9.20. The standard InChI is InChI=1S/C26H30N4O3/c1-17-27-22-6-5-21(16-23(22)28-17)29-25(31)14-18-8-10-30(11-9-18)26(32)15-19-4-7-24-20(13-19)3-2-12-33-24/h4-7,13,16,18H,2-3,8-12,14-15H2,1H3,(H,27,28)(H,29,31). The molecule has 0 atom stereocenters. The van der Waals surface area contributed by atoms with Gasteiger partial charge >= 0.3 is 0 Å². The van der Waals surface area contributed by atoms with Crippen LogP contribution in [0.4, 0.5) is 5.69 Å². The molecule has 172 valence electrons. The number of nitrogens with one attached hydrogen (secondary N) is 2. The van der Waals surface area contributed by atoms with Crippen LogP contribution in [0.1, 0.15) is 42.6 Å². The van der Waals surface area contributed by atoms with E-state index in [1.165, 1.54) is 5.56 Å². The van der Waals surface area contributed by atoms with Crippen LogP contribution in [0, 0.1) is 12.8 Å². The van der Waals surface area contributed by atoms with Crippen molar-refractivity contribution in [3.8, 4) is 5.75 Å². The largest absolute Gasteiger partial charge is 0.493 e. The second kappa shape index (κ2) is 9.25. The zero-order valence-electron chi connectivity index (χ0n) is 19.0. The van der Waals surface area contributed by atoms with Crippen molar-refractivity contribution in [1.29, 1.82) is 0 Å². The molecule has 2 amide bonds. The van der Waals surface area contributed by atoms with Crippen LogP contribution in [-0.4, -0.2) is 46.4 Å². The predicted octanol–water partition coefficient (Wildman–Crippen LogP) is 4.01. The van der Waals surface area contributed by atoms with Crippen molar-refractivity contribution in [2.24, 2.45) is 5.92 Å². The van der Waals surface area contributed by atoms with Gasteiger partial charge in [-0.05, 0) is 73.9 Å². The number of fused-ring (bicyclic) bond motifs is 2. The minimum absolute atomic E-state index is 0.0200. The van der Waals surface area contributed by atoms with E-state index < -0.39 is 0 Å². The van der Waals surface area contributed by atoms with Gasteiger partial charge in [0, 0.05) is 25.2 Å². The van der Waals surface area contributed by atoms with Gasteiger partial charge in [-0.3, -0.25) is 9.59 Å². The first kappa shape index (κ1) is 21.5. The van der Waals surface area contributed by atoms with Crippen molar-refractivity contribution in [3.63, 3.8) is 0 Å². The molecule has 0 unspecified atom stereocenters. The van der Waals surface area contributed by atoms with Gasteiger partial charge < -0.3 is 19.9 Å². The van der Waals surface area contributed by atoms with Crippen LogP contribution in [0.15, 0.2) is 36.4 Å². The van der Waals surface area contributed by atoms with E-state index >= 15 is 0 Å². The number of H-pyrrole nitrogens is 1. The summed E-state index contributed by atoms with van der Waals surface area (Å²) in [6.07, 6.45) is 4.66. The number of anilines is 1. The number of imidazole rings is 1. The molecule has 7 heteroatoms. The minimum atomic E-state index is 0.0200. The first-order chi connectivity index (χ1) is 16.0. The van der Waals surface area contributed by atoms with Gasteiger partial charge in [0.1, 0.15) is 11.6 Å². The molecule has 1 saturated heterocycles. The van der Waals surface area contributed by atoms with E-state index in [0.717, 1.165) is 66.1 Å². The molecule has 2 aliphatic heterocycles. The normalized spacial score (nSPS) is 16.3. The van der Waals surface area contributed by atoms with Crippen LogP contribution in [0.2, 0.25) is 0 Å². The van der Waals surface area contributed by atoms with Crippen LogP contribution >= 0.6 is 0 Å². The van der Waals surface area contributed by atoms with Gasteiger partial charge in [0.05, 0.1) is 24.1 Å². The zero-order chi connectivity index (χ0) is 22.8. The highest BCUT2D eigenvalue weighted by Crippen LogP contribution is 2.27. The monoisotopic (exact) mass is 446 g/mol. The number of carbonyl (C=O) groups is 2. The molecule has 0 spiro atoms. The highest BCUT2D eigenvalue weighted by molar-refractivity contribution is 5.93. The molecule has 2 N–H and O–H groups in total. The highest BCUT2D eigenvalue weighted by atomic mass is 16.5. The maximum atomic E-state index is 12.8. The molecule has 0 bridgehead atoms. The summed E-state index contributed by atoms with van der Waals surface area (Å²) in [7, 11) is 0. The maximum Gasteiger partial charge on any atom is 0.226 e. The molecule has 33 heavy (non-hydrogen) atoms. The number of ether oxygens (including phenoxy) is 1. The lowest BCUT2D eigenvalue weighted by atomic mass is 9.92. The number of rotatable bonds is 5. The van der Waals surface area contributed by atoms with Gasteiger partial charge in [-0.25, -0.2) is 4.98 Å². The fourth-order valence-electron chi connectivity index (χ4n) is 4.89. The summed E-state index contributed by atoms with van der Waals surface area (Å²) in [6.45, 7) is 4.11. The van der Waals surface area contributed by atoms with Gasteiger partial charge in [-0.2, -0.15) is 0 Å². The lowest BCUT2D eigenvalue weighted by molar-refractivity contribution is -0.131. The number of carbonyl (C=O) groups excluding carboxylic acids is 2. The molecule has 1 fully saturated rings. The lowest BCUT2D eigenvalue weighted by Gasteiger charge is -2.32. The van der Waals surface area contributed by atoms with Crippen molar-refractivity contribution in [2.75, 3.05) is 25.0 Å². The number of nitrogens with zero attached hydrogens (tertiary/aromatic N) is 2. The van der Waals surface area contributed by atoms with Crippen LogP contribution in [0.25, 0.3) is 11.0 Å². The van der Waals surface area contributed by atoms with E-state index in [0.29, 0.717) is 31.8 Å². The molecule has 2 aliphatic rings. The molecule has 0 radical (unpaired) electrons. The summed E-state index contributed by atoms with van der Waals surface area (Å²) in [5.74, 6) is 2.30. The average Bonchev–Trinajstić information content (AvgIpc) is 3.18. The number of benzene rings is 2. The van der Waals surface area contributed by atoms with Gasteiger partial charge in [0.25, 0.3) is 0 Å². The van der Waals surface area contributed by atoms with Crippen molar-refractivity contribution in [1.82, 2.24) is 14.9 Å². The predicted molar refractivity (Wildman–Crippen MR) is 127 cm³/mol. The van der Waals surface area contributed by atoms with Gasteiger partial charge in [-0.15, -0.1) is 0 Å². The molecule has 3 heterocycles. The minimum Gasteiger partial charge on any atom is -0.493 e. The molecular formula is C26H30N4O3. The van der Waals surface area contributed by atoms with E-state index in [9.17, 15) is 9.59 Å². The maximum absolute atomic E-state index is 12.8. The van der Waals surface area contributed by atoms with Gasteiger partial charge in [0.2, 0.25) is 11.8 Å². The number of hydrogen-bond acceptors (Lipinski definition) is 4. The number of aromatic nitrogens is 2. The van der Waals surface area contributed by atoms with Gasteiger partial charge in [-0.1, -0.05) is 12.1 Å². The molecular weight excluding hydrogens is 416 g/mol. The summed E-state index contributed by atoms with van der Waals surface area (Å²) >= 11 is 0. The molecule has 2 aromatic carbocycles. The molecule has 0 saturated carbocycles. The fraction of sp³-hybridized carbons (Fsp3) is 0.423. The smallest absolute Gasteiger partial charge is 0.226 e. The number of aryl methyl sites for hydroxylation is 2. The fourth-order valence-corrected chi connectivity index (χ4v) is 4.89.